The summed E-state index contributed by atoms with van der Waals surface area (Å²) in [5.74, 6) is 0. The molecule has 0 fully saturated rings. The monoisotopic (exact) mass is 629 g/mol. The molecule has 0 aromatic heterocycles. The third-order valence-electron chi connectivity index (χ3n) is 9.89. The highest BCUT2D eigenvalue weighted by Gasteiger charge is 2.19. The Labute approximate surface area is 285 Å². The van der Waals surface area contributed by atoms with E-state index in [0.29, 0.717) is 0 Å². The van der Waals surface area contributed by atoms with Crippen molar-refractivity contribution in [2.75, 3.05) is 0 Å². The molecule has 0 aliphatic heterocycles. The van der Waals surface area contributed by atoms with Crippen LogP contribution >= 0.6 is 0 Å². The average Bonchev–Trinajstić information content (AvgIpc) is 3.14. The largest absolute Gasteiger partial charge is 0.161 e. The molecule has 0 heterocycles. The lowest BCUT2D eigenvalue weighted by molar-refractivity contribution is 1.33. The summed E-state index contributed by atoms with van der Waals surface area (Å²) in [5.41, 5.74) is 7.60. The summed E-state index contributed by atoms with van der Waals surface area (Å²) in [4.78, 5) is 2.61. The molecule has 9 rings (SSSR count). The predicted octanol–water partition coefficient (Wildman–Crippen LogP) is 13.0. The van der Waals surface area contributed by atoms with Gasteiger partial charge in [-0.3, -0.25) is 0 Å². The summed E-state index contributed by atoms with van der Waals surface area (Å²) in [6, 6.07) is 58.1. The van der Waals surface area contributed by atoms with Gasteiger partial charge in [-0.15, -0.1) is 0 Å². The van der Waals surface area contributed by atoms with Crippen molar-refractivity contribution < 1.29 is 0 Å². The van der Waals surface area contributed by atoms with Crippen LogP contribution < -0.4 is 0 Å². The maximum Gasteiger partial charge on any atom is 0.161 e. The van der Waals surface area contributed by atoms with Crippen LogP contribution in [-0.4, -0.2) is 0 Å². The second-order valence-electron chi connectivity index (χ2n) is 12.6. The van der Waals surface area contributed by atoms with Crippen LogP contribution in [0.15, 0.2) is 174 Å². The molecular formula is C47H33S+. The Morgan fingerprint density at radius 2 is 0.979 bits per heavy atom. The van der Waals surface area contributed by atoms with Gasteiger partial charge >= 0.3 is 0 Å². The molecule has 1 heteroatoms. The molecule has 0 spiro atoms. The highest BCUT2D eigenvalue weighted by atomic mass is 32.2. The van der Waals surface area contributed by atoms with Gasteiger partial charge in [0.05, 0.1) is 0 Å². The second-order valence-corrected chi connectivity index (χ2v) is 13.8. The zero-order chi connectivity index (χ0) is 32.2. The summed E-state index contributed by atoms with van der Waals surface area (Å²) in [7, 11) is 0. The fraction of sp³-hybridized carbons (Fsp3) is 0.0213. The normalized spacial score (nSPS) is 11.6. The van der Waals surface area contributed by atoms with E-state index in [1.54, 1.807) is 0 Å². The number of hydrogen-bond donors (Lipinski definition) is 0. The molecule has 9 aromatic rings. The molecule has 0 bridgehead atoms. The number of hydrogen-bond acceptors (Lipinski definition) is 0. The SMILES string of the molecule is C=Cc1cccc2ccc3ccc([SH+]c4ccc(-c5c6ccccc6c(-c6ccc7ccccc7c6)c6ccccc56)cc4)c(C)c3c12. The highest BCUT2D eigenvalue weighted by molar-refractivity contribution is 7.78. The zero-order valence-electron chi connectivity index (χ0n) is 26.7. The van der Waals surface area contributed by atoms with Crippen LogP contribution in [0.5, 0.6) is 0 Å². The van der Waals surface area contributed by atoms with Gasteiger partial charge in [-0.05, 0) is 131 Å². The van der Waals surface area contributed by atoms with Gasteiger partial charge in [-0.1, -0.05) is 128 Å². The fourth-order valence-electron chi connectivity index (χ4n) is 7.62. The van der Waals surface area contributed by atoms with Crippen LogP contribution in [0, 0.1) is 6.92 Å². The van der Waals surface area contributed by atoms with E-state index in [1.165, 1.54) is 109 Å². The van der Waals surface area contributed by atoms with Crippen molar-refractivity contribution in [2.24, 2.45) is 0 Å². The molecule has 48 heavy (non-hydrogen) atoms. The molecule has 0 saturated heterocycles. The third-order valence-corrected chi connectivity index (χ3v) is 11.2. The smallest absolute Gasteiger partial charge is 0.0984 e. The van der Waals surface area contributed by atoms with Crippen molar-refractivity contribution in [1.29, 1.82) is 0 Å². The van der Waals surface area contributed by atoms with Gasteiger partial charge < -0.3 is 0 Å². The van der Waals surface area contributed by atoms with Crippen molar-refractivity contribution in [1.82, 2.24) is 0 Å². The lowest BCUT2D eigenvalue weighted by Crippen LogP contribution is -1.93. The van der Waals surface area contributed by atoms with Crippen molar-refractivity contribution in [2.45, 2.75) is 16.7 Å². The Kier molecular flexibility index (Phi) is 6.88. The minimum Gasteiger partial charge on any atom is -0.0984 e. The summed E-state index contributed by atoms with van der Waals surface area (Å²) in [6.45, 7) is 6.38. The third kappa shape index (κ3) is 4.62. The van der Waals surface area contributed by atoms with Crippen molar-refractivity contribution >= 4 is 71.7 Å². The summed E-state index contributed by atoms with van der Waals surface area (Å²) in [5, 5.41) is 12.8. The van der Waals surface area contributed by atoms with E-state index in [0.717, 1.165) is 0 Å². The molecule has 0 nitrogen and oxygen atoms in total. The number of fused-ring (bicyclic) bond motifs is 6. The molecule has 226 valence electrons. The van der Waals surface area contributed by atoms with E-state index in [-0.39, 0.29) is 0 Å². The van der Waals surface area contributed by atoms with Crippen molar-refractivity contribution in [3.05, 3.63) is 175 Å². The maximum absolute atomic E-state index is 4.11. The van der Waals surface area contributed by atoms with E-state index in [4.69, 9.17) is 0 Å². The first-order valence-corrected chi connectivity index (χ1v) is 17.4. The Hall–Kier alpha value is -5.63. The number of rotatable bonds is 5. The highest BCUT2D eigenvalue weighted by Crippen LogP contribution is 2.44. The van der Waals surface area contributed by atoms with E-state index in [1.807, 2.05) is 6.08 Å². The molecule has 0 aliphatic rings. The summed E-state index contributed by atoms with van der Waals surface area (Å²) in [6.07, 6.45) is 1.98. The molecule has 0 saturated carbocycles. The van der Waals surface area contributed by atoms with Gasteiger partial charge in [0.15, 0.2) is 9.79 Å². The van der Waals surface area contributed by atoms with Crippen molar-refractivity contribution in [3.8, 4) is 22.3 Å². The fourth-order valence-corrected chi connectivity index (χ4v) is 8.62. The molecule has 9 aromatic carbocycles. The van der Waals surface area contributed by atoms with Crippen molar-refractivity contribution in [3.63, 3.8) is 0 Å². The first-order chi connectivity index (χ1) is 23.7. The quantitative estimate of drug-likeness (QED) is 0.0769. The standard InChI is InChI=1S/C47H32S/c1-3-31-13-10-14-33-20-21-34-25-28-43(30(2)44(34)45(31)33)48-38-26-23-35(24-27-38)46-39-15-6-8-17-41(39)47(42-18-9-7-16-40(42)46)37-22-19-32-11-4-5-12-36(32)29-37/h3-29H,1H2,2H3/p+1. The minimum atomic E-state index is 1.19. The van der Waals surface area contributed by atoms with Gasteiger partial charge in [0.2, 0.25) is 0 Å². The van der Waals surface area contributed by atoms with Crippen LogP contribution in [0.4, 0.5) is 0 Å². The van der Waals surface area contributed by atoms with E-state index in [2.05, 4.69) is 171 Å². The minimum absolute atomic E-state index is 1.19. The zero-order valence-corrected chi connectivity index (χ0v) is 27.6. The predicted molar refractivity (Wildman–Crippen MR) is 211 cm³/mol. The van der Waals surface area contributed by atoms with Gasteiger partial charge in [0.1, 0.15) is 0 Å². The van der Waals surface area contributed by atoms with Crippen LogP contribution in [0.2, 0.25) is 0 Å². The lowest BCUT2D eigenvalue weighted by Gasteiger charge is -2.18. The topological polar surface area (TPSA) is 0 Å². The molecule has 0 amide bonds. The number of thiol groups is 1. The molecule has 0 N–H and O–H groups in total. The van der Waals surface area contributed by atoms with Gasteiger partial charge in [0.25, 0.3) is 0 Å². The number of aryl methyl sites for hydroxylation is 1. The van der Waals surface area contributed by atoms with Crippen LogP contribution in [-0.2, 0) is 11.8 Å². The molecule has 0 atom stereocenters. The Bertz CT molecular complexity index is 2660. The maximum atomic E-state index is 4.11. The van der Waals surface area contributed by atoms with E-state index < -0.39 is 0 Å². The summed E-state index contributed by atoms with van der Waals surface area (Å²) >= 11 is 1.20. The molecule has 0 radical (unpaired) electrons. The summed E-state index contributed by atoms with van der Waals surface area (Å²) < 4.78 is 0. The van der Waals surface area contributed by atoms with E-state index in [9.17, 15) is 0 Å². The molecule has 0 aliphatic carbocycles. The van der Waals surface area contributed by atoms with Crippen LogP contribution in [0.1, 0.15) is 11.1 Å². The van der Waals surface area contributed by atoms with Gasteiger partial charge in [0, 0.05) is 17.3 Å². The molecule has 0 unspecified atom stereocenters. The first kappa shape index (κ1) is 28.6. The first-order valence-electron chi connectivity index (χ1n) is 16.5. The van der Waals surface area contributed by atoms with Crippen LogP contribution in [0.3, 0.4) is 0 Å². The van der Waals surface area contributed by atoms with Gasteiger partial charge in [-0.2, -0.15) is 0 Å². The second kappa shape index (κ2) is 11.6. The Morgan fingerprint density at radius 3 is 1.65 bits per heavy atom. The number of benzene rings is 9. The Morgan fingerprint density at radius 1 is 0.458 bits per heavy atom. The van der Waals surface area contributed by atoms with Gasteiger partial charge in [-0.25, -0.2) is 0 Å². The van der Waals surface area contributed by atoms with Crippen LogP contribution in [0.25, 0.3) is 82.2 Å². The lowest BCUT2D eigenvalue weighted by atomic mass is 9.85. The Balaban J connectivity index is 1.16. The molecular weight excluding hydrogens is 597 g/mol. The average molecular weight is 630 g/mol. The van der Waals surface area contributed by atoms with E-state index >= 15 is 0 Å².